The highest BCUT2D eigenvalue weighted by Gasteiger charge is 2.40. The molecule has 5 nitrogen and oxygen atoms in total. The van der Waals surface area contributed by atoms with Crippen molar-refractivity contribution < 1.29 is 22.8 Å². The molecule has 0 aliphatic carbocycles. The van der Waals surface area contributed by atoms with Gasteiger partial charge in [0.1, 0.15) is 6.54 Å². The van der Waals surface area contributed by atoms with Crippen LogP contribution in [-0.2, 0) is 9.59 Å². The van der Waals surface area contributed by atoms with Crippen molar-refractivity contribution in [1.82, 2.24) is 15.5 Å². The fraction of sp³-hybridized carbons (Fsp3) is 0.833. The van der Waals surface area contributed by atoms with Crippen LogP contribution in [0.2, 0.25) is 0 Å². The van der Waals surface area contributed by atoms with Gasteiger partial charge in [-0.2, -0.15) is 13.2 Å². The fourth-order valence-corrected chi connectivity index (χ4v) is 2.14. The van der Waals surface area contributed by atoms with Gasteiger partial charge < -0.3 is 15.5 Å². The Morgan fingerprint density at radius 3 is 2.62 bits per heavy atom. The lowest BCUT2D eigenvalue weighted by Gasteiger charge is -2.18. The van der Waals surface area contributed by atoms with Crippen LogP contribution in [0.25, 0.3) is 0 Å². The first-order valence-electron chi connectivity index (χ1n) is 6.58. The van der Waals surface area contributed by atoms with Gasteiger partial charge in [0.2, 0.25) is 11.8 Å². The topological polar surface area (TPSA) is 61.4 Å². The molecule has 0 aromatic carbocycles. The van der Waals surface area contributed by atoms with Crippen molar-refractivity contribution in [2.75, 3.05) is 26.2 Å². The summed E-state index contributed by atoms with van der Waals surface area (Å²) in [5.74, 6) is -1.69. The third kappa shape index (κ3) is 6.99. The lowest BCUT2D eigenvalue weighted by molar-refractivity contribution is -0.157. The SMILES string of the molecule is CCN[C@H](C)CNC(=O)C1CC(=O)N(CC(F)(F)F)C1.Cl. The van der Waals surface area contributed by atoms with E-state index in [4.69, 9.17) is 0 Å². The molecule has 2 atom stereocenters. The van der Waals surface area contributed by atoms with Gasteiger partial charge in [-0.15, -0.1) is 12.4 Å². The van der Waals surface area contributed by atoms with E-state index in [2.05, 4.69) is 10.6 Å². The lowest BCUT2D eigenvalue weighted by atomic mass is 10.1. The Morgan fingerprint density at radius 1 is 1.48 bits per heavy atom. The summed E-state index contributed by atoms with van der Waals surface area (Å²) in [5, 5.41) is 5.75. The highest BCUT2D eigenvalue weighted by Crippen LogP contribution is 2.23. The fourth-order valence-electron chi connectivity index (χ4n) is 2.14. The van der Waals surface area contributed by atoms with Gasteiger partial charge in [-0.3, -0.25) is 9.59 Å². The van der Waals surface area contributed by atoms with Gasteiger partial charge in [0.15, 0.2) is 0 Å². The minimum Gasteiger partial charge on any atom is -0.354 e. The lowest BCUT2D eigenvalue weighted by Crippen LogP contribution is -2.42. The Hall–Kier alpha value is -1.02. The number of likely N-dealkylation sites (tertiary alicyclic amines) is 1. The predicted molar refractivity (Wildman–Crippen MR) is 74.1 cm³/mol. The van der Waals surface area contributed by atoms with Crippen molar-refractivity contribution >= 4 is 24.2 Å². The zero-order chi connectivity index (χ0) is 15.3. The summed E-state index contributed by atoms with van der Waals surface area (Å²) in [6.07, 6.45) is -4.59. The van der Waals surface area contributed by atoms with E-state index in [1.807, 2.05) is 13.8 Å². The highest BCUT2D eigenvalue weighted by atomic mass is 35.5. The molecule has 0 aromatic heterocycles. The predicted octanol–water partition coefficient (Wildman–Crippen LogP) is 0.933. The van der Waals surface area contributed by atoms with Crippen LogP contribution < -0.4 is 10.6 Å². The molecule has 1 heterocycles. The first-order chi connectivity index (χ1) is 9.23. The maximum atomic E-state index is 12.2. The molecule has 0 radical (unpaired) electrons. The Kier molecular flexibility index (Phi) is 8.02. The number of carbonyl (C=O) groups is 2. The number of nitrogens with zero attached hydrogens (tertiary/aromatic N) is 1. The normalized spacial score (nSPS) is 20.1. The molecule has 124 valence electrons. The summed E-state index contributed by atoms with van der Waals surface area (Å²) in [4.78, 5) is 23.9. The van der Waals surface area contributed by atoms with E-state index < -0.39 is 24.5 Å². The summed E-state index contributed by atoms with van der Waals surface area (Å²) in [6.45, 7) is 3.51. The third-order valence-corrected chi connectivity index (χ3v) is 3.09. The Morgan fingerprint density at radius 2 is 2.10 bits per heavy atom. The van der Waals surface area contributed by atoms with E-state index in [1.54, 1.807) is 0 Å². The molecular weight excluding hydrogens is 311 g/mol. The third-order valence-electron chi connectivity index (χ3n) is 3.09. The van der Waals surface area contributed by atoms with Gasteiger partial charge in [0, 0.05) is 25.6 Å². The van der Waals surface area contributed by atoms with Gasteiger partial charge >= 0.3 is 6.18 Å². The second-order valence-electron chi connectivity index (χ2n) is 4.99. The van der Waals surface area contributed by atoms with Crippen molar-refractivity contribution in [2.45, 2.75) is 32.5 Å². The maximum absolute atomic E-state index is 12.2. The molecule has 21 heavy (non-hydrogen) atoms. The molecule has 2 N–H and O–H groups in total. The van der Waals surface area contributed by atoms with Gasteiger partial charge in [-0.05, 0) is 13.5 Å². The highest BCUT2D eigenvalue weighted by molar-refractivity contribution is 5.89. The van der Waals surface area contributed by atoms with E-state index in [1.165, 1.54) is 0 Å². The maximum Gasteiger partial charge on any atom is 0.406 e. The van der Waals surface area contributed by atoms with E-state index in [0.29, 0.717) is 11.4 Å². The van der Waals surface area contributed by atoms with Gasteiger partial charge in [0.25, 0.3) is 0 Å². The van der Waals surface area contributed by atoms with E-state index >= 15 is 0 Å². The minimum absolute atomic E-state index is 0. The van der Waals surface area contributed by atoms with E-state index in [-0.39, 0.29) is 37.3 Å². The van der Waals surface area contributed by atoms with Crippen LogP contribution in [-0.4, -0.2) is 55.1 Å². The van der Waals surface area contributed by atoms with Gasteiger partial charge in [-0.1, -0.05) is 6.92 Å². The zero-order valence-electron chi connectivity index (χ0n) is 12.0. The van der Waals surface area contributed by atoms with Crippen LogP contribution in [0.3, 0.4) is 0 Å². The molecule has 0 spiro atoms. The number of alkyl halides is 3. The van der Waals surface area contributed by atoms with Crippen LogP contribution >= 0.6 is 12.4 Å². The number of amides is 2. The molecular formula is C12H21ClF3N3O2. The number of halogens is 4. The Labute approximate surface area is 128 Å². The number of nitrogens with one attached hydrogen (secondary N) is 2. The van der Waals surface area contributed by atoms with Crippen LogP contribution in [0.4, 0.5) is 13.2 Å². The second kappa shape index (κ2) is 8.43. The average molecular weight is 332 g/mol. The van der Waals surface area contributed by atoms with E-state index in [0.717, 1.165) is 6.54 Å². The standard InChI is InChI=1S/C12H20F3N3O2.ClH/c1-3-16-8(2)5-17-11(20)9-4-10(19)18(6-9)7-12(13,14)15;/h8-9,16H,3-7H2,1-2H3,(H,17,20);1H/t8-,9?;/m1./s1. The summed E-state index contributed by atoms with van der Waals surface area (Å²) < 4.78 is 36.7. The molecule has 0 bridgehead atoms. The summed E-state index contributed by atoms with van der Waals surface area (Å²) >= 11 is 0. The Bertz CT molecular complexity index is 366. The minimum atomic E-state index is -4.43. The summed E-state index contributed by atoms with van der Waals surface area (Å²) in [7, 11) is 0. The Balaban J connectivity index is 0.00000400. The molecule has 1 aliphatic heterocycles. The van der Waals surface area contributed by atoms with Crippen LogP contribution in [0.5, 0.6) is 0 Å². The first-order valence-corrected chi connectivity index (χ1v) is 6.58. The van der Waals surface area contributed by atoms with Crippen LogP contribution in [0.1, 0.15) is 20.3 Å². The zero-order valence-corrected chi connectivity index (χ0v) is 12.8. The number of carbonyl (C=O) groups excluding carboxylic acids is 2. The summed E-state index contributed by atoms with van der Waals surface area (Å²) in [5.41, 5.74) is 0. The van der Waals surface area contributed by atoms with Crippen molar-refractivity contribution in [3.05, 3.63) is 0 Å². The number of hydrogen-bond acceptors (Lipinski definition) is 3. The second-order valence-corrected chi connectivity index (χ2v) is 4.99. The molecule has 2 amide bonds. The molecule has 1 saturated heterocycles. The number of likely N-dealkylation sites (N-methyl/N-ethyl adjacent to an activating group) is 1. The quantitative estimate of drug-likeness (QED) is 0.761. The monoisotopic (exact) mass is 331 g/mol. The van der Waals surface area contributed by atoms with Crippen LogP contribution in [0.15, 0.2) is 0 Å². The van der Waals surface area contributed by atoms with Crippen molar-refractivity contribution in [1.29, 1.82) is 0 Å². The largest absolute Gasteiger partial charge is 0.406 e. The number of hydrogen-bond donors (Lipinski definition) is 2. The molecule has 1 unspecified atom stereocenters. The van der Waals surface area contributed by atoms with Crippen molar-refractivity contribution in [2.24, 2.45) is 5.92 Å². The van der Waals surface area contributed by atoms with E-state index in [9.17, 15) is 22.8 Å². The smallest absolute Gasteiger partial charge is 0.354 e. The molecule has 0 saturated carbocycles. The summed E-state index contributed by atoms with van der Waals surface area (Å²) in [6, 6.07) is 0.0762. The van der Waals surface area contributed by atoms with Gasteiger partial charge in [-0.25, -0.2) is 0 Å². The van der Waals surface area contributed by atoms with Gasteiger partial charge in [0.05, 0.1) is 5.92 Å². The first kappa shape index (κ1) is 20.0. The molecule has 1 aliphatic rings. The molecule has 1 rings (SSSR count). The average Bonchev–Trinajstić information content (AvgIpc) is 2.66. The number of rotatable bonds is 6. The molecule has 1 fully saturated rings. The molecule has 0 aromatic rings. The van der Waals surface area contributed by atoms with Crippen LogP contribution in [0, 0.1) is 5.92 Å². The van der Waals surface area contributed by atoms with Crippen molar-refractivity contribution in [3.8, 4) is 0 Å². The van der Waals surface area contributed by atoms with Crippen molar-refractivity contribution in [3.63, 3.8) is 0 Å². The molecule has 9 heteroatoms.